The molecule has 0 aliphatic carbocycles. The van der Waals surface area contributed by atoms with Crippen LogP contribution in [0.25, 0.3) is 0 Å². The van der Waals surface area contributed by atoms with Crippen molar-refractivity contribution in [3.63, 3.8) is 0 Å². The van der Waals surface area contributed by atoms with Gasteiger partial charge in [0.25, 0.3) is 0 Å². The zero-order valence-electron chi connectivity index (χ0n) is 10.2. The van der Waals surface area contributed by atoms with Gasteiger partial charge in [0.15, 0.2) is 0 Å². The zero-order valence-corrected chi connectivity index (χ0v) is 12.6. The minimum absolute atomic E-state index is 0.826. The largest absolute Gasteiger partial charge is 0.309 e. The van der Waals surface area contributed by atoms with E-state index in [0.717, 1.165) is 28.1 Å². The molecule has 1 nitrogen and oxygen atoms in total. The lowest BCUT2D eigenvalue weighted by Crippen LogP contribution is -2.12. The molecule has 0 bridgehead atoms. The molecule has 0 fully saturated rings. The second-order valence-electron chi connectivity index (χ2n) is 4.32. The van der Waals surface area contributed by atoms with E-state index < -0.39 is 0 Å². The highest BCUT2D eigenvalue weighted by molar-refractivity contribution is 9.10. The molecular weight excluding hydrogens is 310 g/mol. The van der Waals surface area contributed by atoms with Gasteiger partial charge in [-0.25, -0.2) is 0 Å². The third-order valence-electron chi connectivity index (χ3n) is 2.78. The monoisotopic (exact) mass is 323 g/mol. The van der Waals surface area contributed by atoms with Crippen LogP contribution in [-0.4, -0.2) is 0 Å². The van der Waals surface area contributed by atoms with Gasteiger partial charge in [0.05, 0.1) is 0 Å². The van der Waals surface area contributed by atoms with Crippen molar-refractivity contribution in [2.75, 3.05) is 0 Å². The normalized spacial score (nSPS) is 10.6. The summed E-state index contributed by atoms with van der Waals surface area (Å²) in [5.74, 6) is 0. The third-order valence-corrected chi connectivity index (χ3v) is 3.68. The lowest BCUT2D eigenvalue weighted by atomic mass is 10.1. The van der Waals surface area contributed by atoms with E-state index in [1.54, 1.807) is 0 Å². The predicted octanol–water partition coefficient (Wildman–Crippen LogP) is 4.70. The molecule has 2 rings (SSSR count). The molecule has 0 atom stereocenters. The predicted molar refractivity (Wildman–Crippen MR) is 80.9 cm³/mol. The van der Waals surface area contributed by atoms with Gasteiger partial charge >= 0.3 is 0 Å². The summed E-state index contributed by atoms with van der Waals surface area (Å²) in [4.78, 5) is 0. The molecule has 3 heteroatoms. The van der Waals surface area contributed by atoms with Crippen LogP contribution in [-0.2, 0) is 13.1 Å². The third kappa shape index (κ3) is 3.84. The Hall–Kier alpha value is -0.830. The Balaban J connectivity index is 1.90. The minimum Gasteiger partial charge on any atom is -0.309 e. The molecule has 0 heterocycles. The standard InChI is InChI=1S/C15H15BrClN/c1-11-5-6-13(8-15(11)17)10-18-9-12-3-2-4-14(16)7-12/h2-8,18H,9-10H2,1H3. The second-order valence-corrected chi connectivity index (χ2v) is 5.64. The first-order valence-electron chi connectivity index (χ1n) is 5.85. The molecule has 1 N–H and O–H groups in total. The maximum Gasteiger partial charge on any atom is 0.0438 e. The molecule has 0 radical (unpaired) electrons. The highest BCUT2D eigenvalue weighted by Crippen LogP contribution is 2.16. The zero-order chi connectivity index (χ0) is 13.0. The van der Waals surface area contributed by atoms with Crippen LogP contribution in [0.1, 0.15) is 16.7 Å². The van der Waals surface area contributed by atoms with Crippen LogP contribution in [0.2, 0.25) is 5.02 Å². The number of rotatable bonds is 4. The lowest BCUT2D eigenvalue weighted by molar-refractivity contribution is 0.693. The Kier molecular flexibility index (Phi) is 4.81. The summed E-state index contributed by atoms with van der Waals surface area (Å²) in [6.45, 7) is 3.69. The van der Waals surface area contributed by atoms with Crippen molar-refractivity contribution in [2.45, 2.75) is 20.0 Å². The van der Waals surface area contributed by atoms with Crippen LogP contribution in [0.5, 0.6) is 0 Å². The topological polar surface area (TPSA) is 12.0 Å². The molecule has 0 aliphatic heterocycles. The smallest absolute Gasteiger partial charge is 0.0438 e. The van der Waals surface area contributed by atoms with Gasteiger partial charge in [-0.3, -0.25) is 0 Å². The van der Waals surface area contributed by atoms with Crippen LogP contribution in [0.15, 0.2) is 46.9 Å². The summed E-state index contributed by atoms with van der Waals surface area (Å²) < 4.78 is 1.11. The molecule has 0 saturated carbocycles. The molecule has 18 heavy (non-hydrogen) atoms. The number of benzene rings is 2. The first-order valence-corrected chi connectivity index (χ1v) is 7.02. The van der Waals surface area contributed by atoms with Gasteiger partial charge < -0.3 is 5.32 Å². The molecule has 0 amide bonds. The van der Waals surface area contributed by atoms with Crippen molar-refractivity contribution in [1.29, 1.82) is 0 Å². The van der Waals surface area contributed by atoms with E-state index in [1.165, 1.54) is 11.1 Å². The number of nitrogens with one attached hydrogen (secondary N) is 1. The van der Waals surface area contributed by atoms with E-state index in [0.29, 0.717) is 0 Å². The van der Waals surface area contributed by atoms with Crippen LogP contribution in [0.3, 0.4) is 0 Å². The summed E-state index contributed by atoms with van der Waals surface area (Å²) >= 11 is 9.57. The second kappa shape index (κ2) is 6.37. The van der Waals surface area contributed by atoms with Crippen LogP contribution >= 0.6 is 27.5 Å². The molecular formula is C15H15BrClN. The Morgan fingerprint density at radius 1 is 1.06 bits per heavy atom. The number of halogens is 2. The van der Waals surface area contributed by atoms with Crippen molar-refractivity contribution in [3.8, 4) is 0 Å². The van der Waals surface area contributed by atoms with Gasteiger partial charge in [0.2, 0.25) is 0 Å². The van der Waals surface area contributed by atoms with Crippen molar-refractivity contribution in [3.05, 3.63) is 68.7 Å². The maximum absolute atomic E-state index is 6.10. The highest BCUT2D eigenvalue weighted by atomic mass is 79.9. The molecule has 0 spiro atoms. The molecule has 94 valence electrons. The molecule has 0 aromatic heterocycles. The molecule has 2 aromatic carbocycles. The van der Waals surface area contributed by atoms with Crippen LogP contribution < -0.4 is 5.32 Å². The van der Waals surface area contributed by atoms with E-state index >= 15 is 0 Å². The van der Waals surface area contributed by atoms with Gasteiger partial charge in [-0.2, -0.15) is 0 Å². The van der Waals surface area contributed by atoms with Crippen molar-refractivity contribution < 1.29 is 0 Å². The molecule has 2 aromatic rings. The van der Waals surface area contributed by atoms with Gasteiger partial charge in [-0.05, 0) is 41.8 Å². The Morgan fingerprint density at radius 3 is 2.44 bits per heavy atom. The van der Waals surface area contributed by atoms with Gasteiger partial charge in [0, 0.05) is 22.6 Å². The van der Waals surface area contributed by atoms with E-state index in [-0.39, 0.29) is 0 Å². The van der Waals surface area contributed by atoms with Crippen molar-refractivity contribution in [2.24, 2.45) is 0 Å². The van der Waals surface area contributed by atoms with E-state index in [9.17, 15) is 0 Å². The van der Waals surface area contributed by atoms with Crippen molar-refractivity contribution in [1.82, 2.24) is 5.32 Å². The lowest BCUT2D eigenvalue weighted by Gasteiger charge is -2.07. The fraction of sp³-hybridized carbons (Fsp3) is 0.200. The van der Waals surface area contributed by atoms with Gasteiger partial charge in [-0.1, -0.05) is 51.8 Å². The number of hydrogen-bond donors (Lipinski definition) is 1. The summed E-state index contributed by atoms with van der Waals surface area (Å²) in [7, 11) is 0. The Morgan fingerprint density at radius 2 is 1.78 bits per heavy atom. The number of hydrogen-bond acceptors (Lipinski definition) is 1. The molecule has 0 aliphatic rings. The van der Waals surface area contributed by atoms with Crippen molar-refractivity contribution >= 4 is 27.5 Å². The van der Waals surface area contributed by atoms with E-state index in [4.69, 9.17) is 11.6 Å². The molecule has 0 saturated heterocycles. The summed E-state index contributed by atoms with van der Waals surface area (Å²) in [6, 6.07) is 14.5. The first-order chi connectivity index (χ1) is 8.65. The quantitative estimate of drug-likeness (QED) is 0.859. The Bertz CT molecular complexity index is 540. The fourth-order valence-corrected chi connectivity index (χ4v) is 2.39. The average Bonchev–Trinajstić information content (AvgIpc) is 2.34. The van der Waals surface area contributed by atoms with Crippen LogP contribution in [0.4, 0.5) is 0 Å². The number of aryl methyl sites for hydroxylation is 1. The molecule has 0 unspecified atom stereocenters. The SMILES string of the molecule is Cc1ccc(CNCc2cccc(Br)c2)cc1Cl. The summed E-state index contributed by atoms with van der Waals surface area (Å²) in [6.07, 6.45) is 0. The first kappa shape index (κ1) is 13.6. The highest BCUT2D eigenvalue weighted by Gasteiger charge is 1.98. The van der Waals surface area contributed by atoms with E-state index in [2.05, 4.69) is 45.5 Å². The van der Waals surface area contributed by atoms with Crippen LogP contribution in [0, 0.1) is 6.92 Å². The summed E-state index contributed by atoms with van der Waals surface area (Å²) in [5.41, 5.74) is 3.59. The minimum atomic E-state index is 0.826. The van der Waals surface area contributed by atoms with Gasteiger partial charge in [-0.15, -0.1) is 0 Å². The summed E-state index contributed by atoms with van der Waals surface area (Å²) in [5, 5.41) is 4.24. The van der Waals surface area contributed by atoms with Gasteiger partial charge in [0.1, 0.15) is 0 Å². The fourth-order valence-electron chi connectivity index (χ4n) is 1.74. The van der Waals surface area contributed by atoms with E-state index in [1.807, 2.05) is 25.1 Å². The Labute approximate surface area is 121 Å². The average molecular weight is 325 g/mol. The maximum atomic E-state index is 6.10.